The van der Waals surface area contributed by atoms with E-state index in [9.17, 15) is 13.2 Å². The zero-order valence-corrected chi connectivity index (χ0v) is 17.9. The Kier molecular flexibility index (Phi) is 6.14. The molecule has 8 heteroatoms. The lowest BCUT2D eigenvalue weighted by atomic mass is 10.1. The van der Waals surface area contributed by atoms with E-state index in [1.54, 1.807) is 38.1 Å². The minimum Gasteiger partial charge on any atom is -0.486 e. The predicted octanol–water partition coefficient (Wildman–Crippen LogP) is 3.36. The van der Waals surface area contributed by atoms with E-state index < -0.39 is 10.0 Å². The summed E-state index contributed by atoms with van der Waals surface area (Å²) in [6.07, 6.45) is 0. The van der Waals surface area contributed by atoms with Crippen LogP contribution in [-0.4, -0.2) is 44.9 Å². The van der Waals surface area contributed by atoms with Gasteiger partial charge in [-0.3, -0.25) is 4.79 Å². The topological polar surface area (TPSA) is 84.9 Å². The molecule has 3 rings (SSSR count). The molecule has 0 atom stereocenters. The highest BCUT2D eigenvalue weighted by Crippen LogP contribution is 2.32. The van der Waals surface area contributed by atoms with Gasteiger partial charge in [0.1, 0.15) is 13.2 Å². The van der Waals surface area contributed by atoms with Crippen LogP contribution >= 0.6 is 0 Å². The average molecular weight is 419 g/mol. The van der Waals surface area contributed by atoms with E-state index in [0.29, 0.717) is 49.1 Å². The molecule has 0 fully saturated rings. The number of carbonyl (C=O) groups is 1. The Morgan fingerprint density at radius 1 is 1.03 bits per heavy atom. The minimum atomic E-state index is -3.63. The number of ether oxygens (including phenoxy) is 2. The van der Waals surface area contributed by atoms with Crippen molar-refractivity contribution in [1.29, 1.82) is 0 Å². The lowest BCUT2D eigenvalue weighted by Gasteiger charge is -2.21. The first-order chi connectivity index (χ1) is 13.8. The largest absolute Gasteiger partial charge is 0.486 e. The number of benzene rings is 2. The van der Waals surface area contributed by atoms with Crippen molar-refractivity contribution in [3.8, 4) is 11.5 Å². The number of anilines is 1. The van der Waals surface area contributed by atoms with Gasteiger partial charge < -0.3 is 14.8 Å². The summed E-state index contributed by atoms with van der Waals surface area (Å²) in [6.45, 7) is 8.94. The predicted molar refractivity (Wildman–Crippen MR) is 111 cm³/mol. The van der Waals surface area contributed by atoms with Crippen LogP contribution in [0, 0.1) is 13.8 Å². The van der Waals surface area contributed by atoms with Crippen LogP contribution in [0.4, 0.5) is 5.69 Å². The zero-order chi connectivity index (χ0) is 21.2. The van der Waals surface area contributed by atoms with Crippen LogP contribution in [0.2, 0.25) is 0 Å². The molecule has 2 aromatic carbocycles. The molecule has 0 unspecified atom stereocenters. The fraction of sp³-hybridized carbons (Fsp3) is 0.381. The fourth-order valence-corrected chi connectivity index (χ4v) is 4.77. The quantitative estimate of drug-likeness (QED) is 0.778. The Balaban J connectivity index is 1.93. The third-order valence-electron chi connectivity index (χ3n) is 5.04. The van der Waals surface area contributed by atoms with Crippen LogP contribution in [0.25, 0.3) is 0 Å². The Morgan fingerprint density at radius 3 is 2.34 bits per heavy atom. The number of amides is 1. The van der Waals surface area contributed by atoms with Crippen molar-refractivity contribution in [2.45, 2.75) is 32.6 Å². The van der Waals surface area contributed by atoms with Gasteiger partial charge in [0.25, 0.3) is 5.91 Å². The van der Waals surface area contributed by atoms with Crippen molar-refractivity contribution < 1.29 is 22.7 Å². The molecule has 0 aromatic heterocycles. The Bertz CT molecular complexity index is 1030. The Hall–Kier alpha value is -2.58. The van der Waals surface area contributed by atoms with Gasteiger partial charge in [0, 0.05) is 24.3 Å². The van der Waals surface area contributed by atoms with Crippen molar-refractivity contribution in [2.24, 2.45) is 0 Å². The van der Waals surface area contributed by atoms with Crippen LogP contribution in [0.1, 0.15) is 35.3 Å². The van der Waals surface area contributed by atoms with Crippen molar-refractivity contribution in [3.05, 3.63) is 47.0 Å². The van der Waals surface area contributed by atoms with Gasteiger partial charge in [0.05, 0.1) is 4.90 Å². The van der Waals surface area contributed by atoms with Gasteiger partial charge in [-0.15, -0.1) is 0 Å². The molecule has 0 spiro atoms. The number of aryl methyl sites for hydroxylation is 1. The maximum absolute atomic E-state index is 12.9. The highest BCUT2D eigenvalue weighted by Gasteiger charge is 2.24. The van der Waals surface area contributed by atoms with Gasteiger partial charge in [-0.2, -0.15) is 4.31 Å². The van der Waals surface area contributed by atoms with Gasteiger partial charge in [0.2, 0.25) is 10.0 Å². The van der Waals surface area contributed by atoms with Crippen LogP contribution in [-0.2, 0) is 10.0 Å². The first-order valence-electron chi connectivity index (χ1n) is 9.60. The second-order valence-corrected chi connectivity index (χ2v) is 8.75. The summed E-state index contributed by atoms with van der Waals surface area (Å²) in [4.78, 5) is 13.0. The molecular formula is C21H26N2O5S. The van der Waals surface area contributed by atoms with Crippen LogP contribution in [0.3, 0.4) is 0 Å². The average Bonchev–Trinajstić information content (AvgIpc) is 2.71. The van der Waals surface area contributed by atoms with E-state index >= 15 is 0 Å². The molecule has 2 aromatic rings. The molecule has 0 radical (unpaired) electrons. The monoisotopic (exact) mass is 418 g/mol. The van der Waals surface area contributed by atoms with E-state index in [2.05, 4.69) is 5.32 Å². The summed E-state index contributed by atoms with van der Waals surface area (Å²) in [5.74, 6) is 0.781. The second kappa shape index (κ2) is 8.42. The smallest absolute Gasteiger partial charge is 0.255 e. The Labute approximate surface area is 171 Å². The molecule has 29 heavy (non-hydrogen) atoms. The molecule has 1 heterocycles. The molecule has 156 valence electrons. The van der Waals surface area contributed by atoms with Gasteiger partial charge in [-0.25, -0.2) is 8.42 Å². The van der Waals surface area contributed by atoms with Crippen LogP contribution < -0.4 is 14.8 Å². The number of fused-ring (bicyclic) bond motifs is 1. The maximum atomic E-state index is 12.9. The fourth-order valence-electron chi connectivity index (χ4n) is 3.20. The van der Waals surface area contributed by atoms with Crippen molar-refractivity contribution >= 4 is 21.6 Å². The number of sulfonamides is 1. The highest BCUT2D eigenvalue weighted by molar-refractivity contribution is 7.89. The summed E-state index contributed by atoms with van der Waals surface area (Å²) in [6, 6.07) is 8.14. The van der Waals surface area contributed by atoms with E-state index in [1.807, 2.05) is 13.8 Å². The van der Waals surface area contributed by atoms with Crippen molar-refractivity contribution in [1.82, 2.24) is 4.31 Å². The number of carbonyl (C=O) groups excluding carboxylic acids is 1. The van der Waals surface area contributed by atoms with Crippen LogP contribution in [0.5, 0.6) is 11.5 Å². The third kappa shape index (κ3) is 4.23. The number of hydrogen-bond acceptors (Lipinski definition) is 5. The normalized spacial score (nSPS) is 13.4. The minimum absolute atomic E-state index is 0.168. The molecule has 1 aliphatic heterocycles. The summed E-state index contributed by atoms with van der Waals surface area (Å²) >= 11 is 0. The van der Waals surface area contributed by atoms with Gasteiger partial charge in [-0.05, 0) is 55.3 Å². The lowest BCUT2D eigenvalue weighted by molar-refractivity contribution is 0.102. The molecular weight excluding hydrogens is 392 g/mol. The van der Waals surface area contributed by atoms with Crippen LogP contribution in [0.15, 0.2) is 35.2 Å². The number of nitrogens with zero attached hydrogens (tertiary/aromatic N) is 1. The number of hydrogen-bond donors (Lipinski definition) is 1. The molecule has 0 saturated heterocycles. The summed E-state index contributed by atoms with van der Waals surface area (Å²) in [5, 5.41) is 2.84. The molecule has 0 bridgehead atoms. The zero-order valence-electron chi connectivity index (χ0n) is 17.1. The highest BCUT2D eigenvalue weighted by atomic mass is 32.2. The third-order valence-corrected chi connectivity index (χ3v) is 7.06. The van der Waals surface area contributed by atoms with Gasteiger partial charge in [0.15, 0.2) is 11.5 Å². The van der Waals surface area contributed by atoms with Gasteiger partial charge in [-0.1, -0.05) is 13.8 Å². The number of rotatable bonds is 6. The van der Waals surface area contributed by atoms with Crippen molar-refractivity contribution in [3.63, 3.8) is 0 Å². The number of nitrogens with one attached hydrogen (secondary N) is 1. The molecule has 1 amide bonds. The van der Waals surface area contributed by atoms with E-state index in [0.717, 1.165) is 11.1 Å². The van der Waals surface area contributed by atoms with E-state index in [1.165, 1.54) is 10.4 Å². The summed E-state index contributed by atoms with van der Waals surface area (Å²) < 4.78 is 38.2. The summed E-state index contributed by atoms with van der Waals surface area (Å²) in [5.41, 5.74) is 2.48. The molecule has 1 N–H and O–H groups in total. The first-order valence-corrected chi connectivity index (χ1v) is 11.0. The van der Waals surface area contributed by atoms with Crippen molar-refractivity contribution in [2.75, 3.05) is 31.6 Å². The van der Waals surface area contributed by atoms with E-state index in [4.69, 9.17) is 9.47 Å². The standard InChI is InChI=1S/C21H26N2O5S/c1-5-23(6-2)29(25,26)17-11-14(3)15(4)18(13-17)22-21(24)16-7-8-19-20(12-16)28-10-9-27-19/h7-8,11-13H,5-6,9-10H2,1-4H3,(H,22,24). The first kappa shape index (κ1) is 21.1. The van der Waals surface area contributed by atoms with E-state index in [-0.39, 0.29) is 10.8 Å². The second-order valence-electron chi connectivity index (χ2n) is 6.81. The molecule has 0 saturated carbocycles. The molecule has 7 nitrogen and oxygen atoms in total. The lowest BCUT2D eigenvalue weighted by Crippen LogP contribution is -2.30. The Morgan fingerprint density at radius 2 is 1.69 bits per heavy atom. The SMILES string of the molecule is CCN(CC)S(=O)(=O)c1cc(C)c(C)c(NC(=O)c2ccc3c(c2)OCCO3)c1. The maximum Gasteiger partial charge on any atom is 0.255 e. The molecule has 1 aliphatic rings. The van der Waals surface area contributed by atoms with Gasteiger partial charge >= 0.3 is 0 Å². The summed E-state index contributed by atoms with van der Waals surface area (Å²) in [7, 11) is -3.63. The molecule has 0 aliphatic carbocycles.